The highest BCUT2D eigenvalue weighted by Gasteiger charge is 2.20. The second-order valence-electron chi connectivity index (χ2n) is 10.5. The van der Waals surface area contributed by atoms with E-state index >= 15 is 0 Å². The Bertz CT molecular complexity index is 1310. The molecule has 1 saturated carbocycles. The van der Waals surface area contributed by atoms with Crippen LogP contribution in [-0.4, -0.2) is 65.4 Å². The molecule has 0 radical (unpaired) electrons. The lowest BCUT2D eigenvalue weighted by Gasteiger charge is -2.18. The third kappa shape index (κ3) is 10.8. The van der Waals surface area contributed by atoms with Crippen LogP contribution in [0.5, 0.6) is 5.75 Å². The van der Waals surface area contributed by atoms with Gasteiger partial charge in [-0.1, -0.05) is 67.6 Å². The molecule has 42 heavy (non-hydrogen) atoms. The van der Waals surface area contributed by atoms with Crippen molar-refractivity contribution in [2.75, 3.05) is 27.2 Å². The number of hydrogen-bond acceptors (Lipinski definition) is 5. The molecule has 4 rings (SSSR count). The molecule has 10 heteroatoms. The summed E-state index contributed by atoms with van der Waals surface area (Å²) in [6.45, 7) is 3.60. The lowest BCUT2D eigenvalue weighted by atomic mass is 9.95. The largest absolute Gasteiger partial charge is 0.503 e. The average Bonchev–Trinajstić information content (AvgIpc) is 3.20. The molecule has 228 valence electrons. The fraction of sp³-hybridized carbons (Fsp3) is 0.406. The van der Waals surface area contributed by atoms with E-state index in [-0.39, 0.29) is 24.4 Å². The molecular formula is C32H41Cl2N3O5. The van der Waals surface area contributed by atoms with Gasteiger partial charge in [-0.05, 0) is 75.7 Å². The van der Waals surface area contributed by atoms with Crippen LogP contribution in [0.4, 0.5) is 4.79 Å². The van der Waals surface area contributed by atoms with Crippen LogP contribution in [0.25, 0.3) is 22.4 Å². The summed E-state index contributed by atoms with van der Waals surface area (Å²) in [6.07, 6.45) is 5.95. The van der Waals surface area contributed by atoms with E-state index in [1.54, 1.807) is 0 Å². The van der Waals surface area contributed by atoms with E-state index in [9.17, 15) is 4.79 Å². The number of amides is 1. The third-order valence-electron chi connectivity index (χ3n) is 6.97. The van der Waals surface area contributed by atoms with Gasteiger partial charge in [0.05, 0.1) is 17.3 Å². The summed E-state index contributed by atoms with van der Waals surface area (Å²) in [7, 11) is 4.09. The minimum Gasteiger partial charge on any atom is -0.492 e. The van der Waals surface area contributed by atoms with Gasteiger partial charge in [0.2, 0.25) is 0 Å². The van der Waals surface area contributed by atoms with Crippen molar-refractivity contribution in [3.8, 4) is 28.1 Å². The van der Waals surface area contributed by atoms with Crippen LogP contribution < -0.4 is 10.1 Å². The summed E-state index contributed by atoms with van der Waals surface area (Å²) in [6, 6.07) is 18.0. The van der Waals surface area contributed by atoms with Crippen molar-refractivity contribution in [2.45, 2.75) is 57.9 Å². The number of carbonyl (C=O) groups excluding carboxylic acids is 1. The van der Waals surface area contributed by atoms with Crippen LogP contribution >= 0.6 is 24.0 Å². The van der Waals surface area contributed by atoms with Crippen molar-refractivity contribution in [1.29, 1.82) is 0 Å². The normalized spacial score (nSPS) is 13.3. The lowest BCUT2D eigenvalue weighted by molar-refractivity contribution is 0.0928. The Balaban J connectivity index is 0.00000116. The Hall–Kier alpha value is -3.33. The molecule has 3 aromatic rings. The number of benzene rings is 2. The highest BCUT2D eigenvalue weighted by molar-refractivity contribution is 6.32. The molecular weight excluding hydrogens is 577 g/mol. The van der Waals surface area contributed by atoms with E-state index in [2.05, 4.69) is 29.3 Å². The molecule has 0 spiro atoms. The molecule has 0 atom stereocenters. The number of aromatic nitrogens is 1. The van der Waals surface area contributed by atoms with Gasteiger partial charge in [-0.2, -0.15) is 0 Å². The van der Waals surface area contributed by atoms with Gasteiger partial charge in [0.15, 0.2) is 0 Å². The van der Waals surface area contributed by atoms with Crippen LogP contribution in [0, 0.1) is 6.92 Å². The number of halogens is 2. The number of nitrogens with zero attached hydrogens (tertiary/aromatic N) is 2. The monoisotopic (exact) mass is 617 g/mol. The zero-order valence-corrected chi connectivity index (χ0v) is 26.0. The van der Waals surface area contributed by atoms with Gasteiger partial charge in [-0.3, -0.25) is 4.79 Å². The number of pyridine rings is 1. The average molecular weight is 619 g/mol. The summed E-state index contributed by atoms with van der Waals surface area (Å²) < 4.78 is 6.04. The predicted molar refractivity (Wildman–Crippen MR) is 170 cm³/mol. The first-order valence-electron chi connectivity index (χ1n) is 14.0. The number of hydrogen-bond donors (Lipinski definition) is 3. The van der Waals surface area contributed by atoms with Crippen molar-refractivity contribution in [3.05, 3.63) is 70.9 Å². The second-order valence-corrected chi connectivity index (χ2v) is 10.9. The highest BCUT2D eigenvalue weighted by Crippen LogP contribution is 2.36. The molecule has 1 aliphatic carbocycles. The van der Waals surface area contributed by atoms with Crippen molar-refractivity contribution in [3.63, 3.8) is 0 Å². The highest BCUT2D eigenvalue weighted by atomic mass is 35.5. The molecule has 1 heterocycles. The maximum absolute atomic E-state index is 13.3. The lowest BCUT2D eigenvalue weighted by Crippen LogP contribution is -2.34. The summed E-state index contributed by atoms with van der Waals surface area (Å²) >= 11 is 6.49. The number of ether oxygens (including phenoxy) is 1. The Labute approximate surface area is 259 Å². The van der Waals surface area contributed by atoms with Crippen LogP contribution in [0.1, 0.15) is 61.0 Å². The predicted octanol–water partition coefficient (Wildman–Crippen LogP) is 7.80. The fourth-order valence-corrected chi connectivity index (χ4v) is 5.08. The van der Waals surface area contributed by atoms with Gasteiger partial charge in [-0.25, -0.2) is 9.78 Å². The van der Waals surface area contributed by atoms with Gasteiger partial charge in [0.1, 0.15) is 11.4 Å². The van der Waals surface area contributed by atoms with E-state index < -0.39 is 6.16 Å². The zero-order valence-electron chi connectivity index (χ0n) is 24.4. The molecule has 3 N–H and O–H groups in total. The van der Waals surface area contributed by atoms with E-state index in [0.29, 0.717) is 23.1 Å². The smallest absolute Gasteiger partial charge is 0.492 e. The molecule has 0 aliphatic heterocycles. The topological polar surface area (TPSA) is 112 Å². The molecule has 1 aromatic heterocycles. The van der Waals surface area contributed by atoms with Crippen LogP contribution in [-0.2, 0) is 0 Å². The van der Waals surface area contributed by atoms with Crippen molar-refractivity contribution in [1.82, 2.24) is 15.2 Å². The van der Waals surface area contributed by atoms with Gasteiger partial charge >= 0.3 is 6.16 Å². The first-order valence-corrected chi connectivity index (χ1v) is 14.4. The number of rotatable bonds is 9. The van der Waals surface area contributed by atoms with Gasteiger partial charge in [-0.15, -0.1) is 12.4 Å². The zero-order chi connectivity index (χ0) is 29.8. The standard InChI is InChI=1S/C31H38ClN3O2.CH2O3.ClH/c1-22-11-8-9-14-25(22)26-16-18-28(31(36)33-24-12-6-4-5-7-13-24)34-30(26)23-15-17-27(32)29(21-23)37-20-10-19-35(2)3;2-1(3)4;/h8-9,11,14-18,21,24H,4-7,10,12-13,19-20H2,1-3H3,(H,33,36);(H2,2,3,4);1H. The third-order valence-corrected chi connectivity index (χ3v) is 7.28. The van der Waals surface area contributed by atoms with E-state index in [0.717, 1.165) is 66.6 Å². The van der Waals surface area contributed by atoms with E-state index in [1.807, 2.05) is 56.6 Å². The maximum Gasteiger partial charge on any atom is 0.503 e. The van der Waals surface area contributed by atoms with E-state index in [1.165, 1.54) is 12.8 Å². The Morgan fingerprint density at radius 3 is 2.31 bits per heavy atom. The summed E-state index contributed by atoms with van der Waals surface area (Å²) in [5, 5.41) is 17.7. The van der Waals surface area contributed by atoms with Crippen LogP contribution in [0.3, 0.4) is 0 Å². The molecule has 1 aliphatic rings. The van der Waals surface area contributed by atoms with E-state index in [4.69, 9.17) is 36.3 Å². The second kappa shape index (κ2) is 17.6. The first kappa shape index (κ1) is 34.9. The molecule has 0 saturated heterocycles. The minimum absolute atomic E-state index is 0. The maximum atomic E-state index is 13.3. The van der Waals surface area contributed by atoms with Crippen molar-refractivity contribution in [2.24, 2.45) is 0 Å². The first-order chi connectivity index (χ1) is 19.7. The number of nitrogens with one attached hydrogen (secondary N) is 1. The molecule has 0 unspecified atom stereocenters. The van der Waals surface area contributed by atoms with Gasteiger partial charge in [0, 0.05) is 23.7 Å². The Kier molecular flexibility index (Phi) is 14.6. The van der Waals surface area contributed by atoms with Crippen LogP contribution in [0.15, 0.2) is 54.6 Å². The SMILES string of the molecule is Cc1ccccc1-c1ccc(C(=O)NC2CCCCCC2)nc1-c1ccc(Cl)c(OCCCN(C)C)c1.Cl.O=C(O)O. The molecule has 1 amide bonds. The molecule has 2 aromatic carbocycles. The summed E-state index contributed by atoms with van der Waals surface area (Å²) in [5.41, 5.74) is 5.26. The minimum atomic E-state index is -1.83. The molecule has 1 fully saturated rings. The van der Waals surface area contributed by atoms with Gasteiger partial charge < -0.3 is 25.2 Å². The van der Waals surface area contributed by atoms with Crippen LogP contribution in [0.2, 0.25) is 5.02 Å². The Morgan fingerprint density at radius 2 is 1.67 bits per heavy atom. The Morgan fingerprint density at radius 1 is 1.00 bits per heavy atom. The molecule has 0 bridgehead atoms. The summed E-state index contributed by atoms with van der Waals surface area (Å²) in [5.74, 6) is 0.516. The van der Waals surface area contributed by atoms with Crippen molar-refractivity contribution < 1.29 is 24.5 Å². The fourth-order valence-electron chi connectivity index (χ4n) is 4.91. The number of carboxylic acid groups (broad SMARTS) is 2. The quantitative estimate of drug-likeness (QED) is 0.166. The number of aryl methyl sites for hydroxylation is 1. The van der Waals surface area contributed by atoms with Gasteiger partial charge in [0.25, 0.3) is 5.91 Å². The summed E-state index contributed by atoms with van der Waals surface area (Å²) in [4.78, 5) is 28.9. The molecule has 8 nitrogen and oxygen atoms in total. The number of carbonyl (C=O) groups is 2. The van der Waals surface area contributed by atoms with Crippen molar-refractivity contribution >= 4 is 36.1 Å².